The zero-order chi connectivity index (χ0) is 16.3. The van der Waals surface area contributed by atoms with Gasteiger partial charge in [0.2, 0.25) is 5.91 Å². The summed E-state index contributed by atoms with van der Waals surface area (Å²) >= 11 is 0. The lowest BCUT2D eigenvalue weighted by Crippen LogP contribution is -2.49. The fraction of sp³-hybridized carbons (Fsp3) is 0.500. The highest BCUT2D eigenvalue weighted by Crippen LogP contribution is 2.31. The molecule has 23 heavy (non-hydrogen) atoms. The number of rotatable bonds is 3. The number of likely N-dealkylation sites (tertiary alicyclic amines) is 1. The molecule has 124 valence electrons. The lowest BCUT2D eigenvalue weighted by Gasteiger charge is -2.37. The molecule has 1 spiro atoms. The van der Waals surface area contributed by atoms with Gasteiger partial charge in [0.1, 0.15) is 5.82 Å². The molecule has 2 aliphatic rings. The van der Waals surface area contributed by atoms with Gasteiger partial charge >= 0.3 is 0 Å². The Morgan fingerprint density at radius 1 is 1.13 bits per heavy atom. The Hall–Kier alpha value is -1.99. The third-order valence-electron chi connectivity index (χ3n) is 4.20. The highest BCUT2D eigenvalue weighted by molar-refractivity contribution is 5.96. The van der Waals surface area contributed by atoms with E-state index in [0.717, 1.165) is 0 Å². The molecule has 0 saturated carbocycles. The van der Waals surface area contributed by atoms with Gasteiger partial charge in [0.25, 0.3) is 5.91 Å². The van der Waals surface area contributed by atoms with E-state index in [1.807, 2.05) is 0 Å². The smallest absolute Gasteiger partial charge is 0.251 e. The number of ether oxygens (including phenoxy) is 2. The van der Waals surface area contributed by atoms with Crippen LogP contribution in [0.25, 0.3) is 0 Å². The number of amides is 2. The molecule has 1 N–H and O–H groups in total. The third kappa shape index (κ3) is 3.68. The van der Waals surface area contributed by atoms with Crippen molar-refractivity contribution >= 4 is 11.8 Å². The van der Waals surface area contributed by atoms with Crippen LogP contribution in [0.3, 0.4) is 0 Å². The van der Waals surface area contributed by atoms with Crippen molar-refractivity contribution in [2.75, 3.05) is 32.8 Å². The SMILES string of the molecule is O=C(NCC(=O)N1CCC2(CC1)OCCO2)c1ccc(F)cc1. The van der Waals surface area contributed by atoms with Crippen molar-refractivity contribution in [3.63, 3.8) is 0 Å². The van der Waals surface area contributed by atoms with Gasteiger partial charge in [0.15, 0.2) is 5.79 Å². The van der Waals surface area contributed by atoms with Crippen LogP contribution >= 0.6 is 0 Å². The Balaban J connectivity index is 1.46. The van der Waals surface area contributed by atoms with Crippen LogP contribution < -0.4 is 5.32 Å². The van der Waals surface area contributed by atoms with Gasteiger partial charge in [-0.2, -0.15) is 0 Å². The molecule has 2 aliphatic heterocycles. The topological polar surface area (TPSA) is 67.9 Å². The molecule has 0 aromatic heterocycles. The average molecular weight is 322 g/mol. The standard InChI is InChI=1S/C16H19FN2O4/c17-13-3-1-12(2-4-13)15(21)18-11-14(20)19-7-5-16(6-8-19)22-9-10-23-16/h1-4H,5-11H2,(H,18,21). The van der Waals surface area contributed by atoms with Gasteiger partial charge in [-0.15, -0.1) is 0 Å². The molecule has 2 heterocycles. The van der Waals surface area contributed by atoms with Crippen LogP contribution in [0.2, 0.25) is 0 Å². The van der Waals surface area contributed by atoms with Crippen molar-refractivity contribution in [1.29, 1.82) is 0 Å². The zero-order valence-corrected chi connectivity index (χ0v) is 12.7. The molecule has 2 amide bonds. The number of carbonyl (C=O) groups is 2. The predicted molar refractivity (Wildman–Crippen MR) is 79.2 cm³/mol. The van der Waals surface area contributed by atoms with Crippen molar-refractivity contribution in [2.24, 2.45) is 0 Å². The lowest BCUT2D eigenvalue weighted by molar-refractivity contribution is -0.187. The molecule has 1 aromatic rings. The van der Waals surface area contributed by atoms with Crippen molar-refractivity contribution in [3.8, 4) is 0 Å². The van der Waals surface area contributed by atoms with E-state index >= 15 is 0 Å². The molecule has 6 nitrogen and oxygen atoms in total. The van der Waals surface area contributed by atoms with Crippen LogP contribution in [0.15, 0.2) is 24.3 Å². The second-order valence-electron chi connectivity index (χ2n) is 5.68. The molecule has 0 bridgehead atoms. The molecular formula is C16H19FN2O4. The first-order chi connectivity index (χ1) is 11.1. The quantitative estimate of drug-likeness (QED) is 0.899. The monoisotopic (exact) mass is 322 g/mol. The summed E-state index contributed by atoms with van der Waals surface area (Å²) in [5.41, 5.74) is 0.324. The number of benzene rings is 1. The van der Waals surface area contributed by atoms with Crippen molar-refractivity contribution in [2.45, 2.75) is 18.6 Å². The Labute approximate surface area is 133 Å². The van der Waals surface area contributed by atoms with Crippen molar-refractivity contribution in [1.82, 2.24) is 10.2 Å². The van der Waals surface area contributed by atoms with Crippen LogP contribution in [-0.2, 0) is 14.3 Å². The van der Waals surface area contributed by atoms with Crippen molar-refractivity contribution < 1.29 is 23.5 Å². The fourth-order valence-electron chi connectivity index (χ4n) is 2.85. The van der Waals surface area contributed by atoms with E-state index in [4.69, 9.17) is 9.47 Å². The highest BCUT2D eigenvalue weighted by Gasteiger charge is 2.40. The molecule has 0 unspecified atom stereocenters. The second kappa shape index (κ2) is 6.64. The fourth-order valence-corrected chi connectivity index (χ4v) is 2.85. The summed E-state index contributed by atoms with van der Waals surface area (Å²) < 4.78 is 24.0. The Kier molecular flexibility index (Phi) is 4.58. The molecule has 7 heteroatoms. The van der Waals surface area contributed by atoms with E-state index < -0.39 is 17.5 Å². The van der Waals surface area contributed by atoms with Crippen LogP contribution in [0.5, 0.6) is 0 Å². The molecule has 0 atom stereocenters. The van der Waals surface area contributed by atoms with Gasteiger partial charge in [0, 0.05) is 31.5 Å². The number of hydrogen-bond acceptors (Lipinski definition) is 4. The Morgan fingerprint density at radius 2 is 1.74 bits per heavy atom. The number of nitrogens with one attached hydrogen (secondary N) is 1. The minimum atomic E-state index is -0.520. The molecule has 2 saturated heterocycles. The Morgan fingerprint density at radius 3 is 2.35 bits per heavy atom. The first kappa shape index (κ1) is 15.9. The van der Waals surface area contributed by atoms with E-state index in [-0.39, 0.29) is 12.5 Å². The van der Waals surface area contributed by atoms with Crippen LogP contribution in [-0.4, -0.2) is 55.3 Å². The molecule has 1 aromatic carbocycles. The molecular weight excluding hydrogens is 303 g/mol. The zero-order valence-electron chi connectivity index (χ0n) is 12.7. The Bertz CT molecular complexity index is 574. The molecule has 3 rings (SSSR count). The predicted octanol–water partition coefficient (Wildman–Crippen LogP) is 0.921. The van der Waals surface area contributed by atoms with Crippen LogP contribution in [0.1, 0.15) is 23.2 Å². The van der Waals surface area contributed by atoms with Crippen molar-refractivity contribution in [3.05, 3.63) is 35.6 Å². The van der Waals surface area contributed by atoms with Gasteiger partial charge in [-0.05, 0) is 24.3 Å². The van der Waals surface area contributed by atoms with E-state index in [1.54, 1.807) is 4.90 Å². The minimum Gasteiger partial charge on any atom is -0.347 e. The lowest BCUT2D eigenvalue weighted by atomic mass is 10.0. The van der Waals surface area contributed by atoms with E-state index in [1.165, 1.54) is 24.3 Å². The van der Waals surface area contributed by atoms with E-state index in [0.29, 0.717) is 44.7 Å². The average Bonchev–Trinajstić information content (AvgIpc) is 3.02. The van der Waals surface area contributed by atoms with Gasteiger partial charge in [-0.1, -0.05) is 0 Å². The summed E-state index contributed by atoms with van der Waals surface area (Å²) in [6, 6.07) is 5.19. The van der Waals surface area contributed by atoms with Gasteiger partial charge in [-0.25, -0.2) is 4.39 Å². The number of hydrogen-bond donors (Lipinski definition) is 1. The van der Waals surface area contributed by atoms with Gasteiger partial charge in [0.05, 0.1) is 19.8 Å². The van der Waals surface area contributed by atoms with E-state index in [2.05, 4.69) is 5.32 Å². The van der Waals surface area contributed by atoms with Crippen LogP contribution in [0, 0.1) is 5.82 Å². The largest absolute Gasteiger partial charge is 0.347 e. The third-order valence-corrected chi connectivity index (χ3v) is 4.20. The normalized spacial score (nSPS) is 19.8. The summed E-state index contributed by atoms with van der Waals surface area (Å²) in [6.45, 7) is 2.21. The summed E-state index contributed by atoms with van der Waals surface area (Å²) in [6.07, 6.45) is 1.29. The number of halogens is 1. The van der Waals surface area contributed by atoms with Gasteiger partial charge < -0.3 is 19.7 Å². The van der Waals surface area contributed by atoms with Gasteiger partial charge in [-0.3, -0.25) is 9.59 Å². The second-order valence-corrected chi connectivity index (χ2v) is 5.68. The highest BCUT2D eigenvalue weighted by atomic mass is 19.1. The summed E-state index contributed by atoms with van der Waals surface area (Å²) in [5, 5.41) is 2.56. The maximum Gasteiger partial charge on any atom is 0.251 e. The first-order valence-electron chi connectivity index (χ1n) is 7.67. The summed E-state index contributed by atoms with van der Waals surface area (Å²) in [7, 11) is 0. The number of nitrogens with zero attached hydrogens (tertiary/aromatic N) is 1. The van der Waals surface area contributed by atoms with E-state index in [9.17, 15) is 14.0 Å². The summed E-state index contributed by atoms with van der Waals surface area (Å²) in [4.78, 5) is 25.8. The first-order valence-corrected chi connectivity index (χ1v) is 7.67. The number of carbonyl (C=O) groups excluding carboxylic acids is 2. The molecule has 0 radical (unpaired) electrons. The molecule has 2 fully saturated rings. The number of piperidine rings is 1. The maximum atomic E-state index is 12.8. The maximum absolute atomic E-state index is 12.8. The van der Waals surface area contributed by atoms with Crippen LogP contribution in [0.4, 0.5) is 4.39 Å². The molecule has 0 aliphatic carbocycles. The minimum absolute atomic E-state index is 0.0784. The summed E-state index contributed by atoms with van der Waals surface area (Å²) in [5.74, 6) is -1.47.